The molecule has 1 amide bonds. The number of rotatable bonds is 6. The summed E-state index contributed by atoms with van der Waals surface area (Å²) in [5.41, 5.74) is 5.27. The van der Waals surface area contributed by atoms with Gasteiger partial charge in [0.25, 0.3) is 0 Å². The second-order valence-electron chi connectivity index (χ2n) is 8.12. The molecule has 2 N–H and O–H groups in total. The zero-order chi connectivity index (χ0) is 22.8. The zero-order valence-electron chi connectivity index (χ0n) is 17.8. The first-order valence-electron chi connectivity index (χ1n) is 10.8. The van der Waals surface area contributed by atoms with Crippen molar-refractivity contribution >= 4 is 22.8 Å². The van der Waals surface area contributed by atoms with Crippen molar-refractivity contribution < 1.29 is 19.4 Å². The van der Waals surface area contributed by atoms with Crippen LogP contribution in [-0.4, -0.2) is 34.8 Å². The van der Waals surface area contributed by atoms with E-state index >= 15 is 0 Å². The molecule has 0 bridgehead atoms. The van der Waals surface area contributed by atoms with Crippen LogP contribution in [0.3, 0.4) is 0 Å². The molecule has 0 saturated heterocycles. The average Bonchev–Trinajstić information content (AvgIpc) is 3.16. The summed E-state index contributed by atoms with van der Waals surface area (Å²) < 4.78 is 5.50. The van der Waals surface area contributed by atoms with Crippen LogP contribution in [0.2, 0.25) is 0 Å². The van der Waals surface area contributed by atoms with Crippen LogP contribution in [0.4, 0.5) is 4.79 Å². The first kappa shape index (κ1) is 20.7. The van der Waals surface area contributed by atoms with Crippen LogP contribution >= 0.6 is 0 Å². The fraction of sp³-hybridized carbons (Fsp3) is 0.148. The smallest absolute Gasteiger partial charge is 0.407 e. The minimum Gasteiger partial charge on any atom is -0.480 e. The predicted octanol–water partition coefficient (Wildman–Crippen LogP) is 4.77. The van der Waals surface area contributed by atoms with E-state index in [1.54, 1.807) is 12.4 Å². The topological polar surface area (TPSA) is 88.5 Å². The molecule has 1 aliphatic rings. The minimum atomic E-state index is -1.12. The van der Waals surface area contributed by atoms with Crippen LogP contribution in [0.1, 0.15) is 22.6 Å². The molecule has 33 heavy (non-hydrogen) atoms. The Balaban J connectivity index is 1.27. The van der Waals surface area contributed by atoms with Gasteiger partial charge in [-0.3, -0.25) is 4.98 Å². The van der Waals surface area contributed by atoms with Crippen molar-refractivity contribution in [2.75, 3.05) is 6.61 Å². The highest BCUT2D eigenvalue weighted by molar-refractivity contribution is 5.83. The van der Waals surface area contributed by atoms with Gasteiger partial charge in [0.1, 0.15) is 12.6 Å². The van der Waals surface area contributed by atoms with Gasteiger partial charge in [0.15, 0.2) is 0 Å². The number of pyridine rings is 1. The maximum atomic E-state index is 12.5. The molecule has 0 spiro atoms. The van der Waals surface area contributed by atoms with Gasteiger partial charge >= 0.3 is 12.1 Å². The molecule has 6 heteroatoms. The quantitative estimate of drug-likeness (QED) is 0.453. The number of aromatic nitrogens is 1. The van der Waals surface area contributed by atoms with E-state index in [0.717, 1.165) is 38.6 Å². The van der Waals surface area contributed by atoms with Crippen molar-refractivity contribution in [2.24, 2.45) is 0 Å². The molecular formula is C27H22N2O4. The molecular weight excluding hydrogens is 416 g/mol. The van der Waals surface area contributed by atoms with Crippen molar-refractivity contribution in [3.05, 3.63) is 102 Å². The average molecular weight is 438 g/mol. The first-order chi connectivity index (χ1) is 16.1. The van der Waals surface area contributed by atoms with Crippen LogP contribution in [0.15, 0.2) is 85.2 Å². The summed E-state index contributed by atoms with van der Waals surface area (Å²) in [7, 11) is 0. The van der Waals surface area contributed by atoms with Gasteiger partial charge in [-0.05, 0) is 45.3 Å². The van der Waals surface area contributed by atoms with Gasteiger partial charge in [-0.1, -0.05) is 60.7 Å². The molecule has 0 saturated carbocycles. The summed E-state index contributed by atoms with van der Waals surface area (Å²) >= 11 is 0. The highest BCUT2D eigenvalue weighted by Gasteiger charge is 2.29. The summed E-state index contributed by atoms with van der Waals surface area (Å²) in [6, 6.07) is 22.6. The van der Waals surface area contributed by atoms with Gasteiger partial charge in [0, 0.05) is 30.1 Å². The van der Waals surface area contributed by atoms with Crippen molar-refractivity contribution in [3.63, 3.8) is 0 Å². The number of amides is 1. The van der Waals surface area contributed by atoms with E-state index in [0.29, 0.717) is 0 Å². The highest BCUT2D eigenvalue weighted by Crippen LogP contribution is 2.44. The zero-order valence-corrected chi connectivity index (χ0v) is 17.8. The van der Waals surface area contributed by atoms with Crippen molar-refractivity contribution in [1.29, 1.82) is 0 Å². The Morgan fingerprint density at radius 3 is 2.33 bits per heavy atom. The second kappa shape index (κ2) is 8.74. The van der Waals surface area contributed by atoms with Gasteiger partial charge in [0.05, 0.1) is 0 Å². The number of nitrogens with zero attached hydrogens (tertiary/aromatic N) is 1. The lowest BCUT2D eigenvalue weighted by molar-refractivity contribution is -0.139. The Bertz CT molecular complexity index is 1310. The van der Waals surface area contributed by atoms with E-state index in [2.05, 4.69) is 22.4 Å². The first-order valence-corrected chi connectivity index (χ1v) is 10.8. The molecule has 1 heterocycles. The van der Waals surface area contributed by atoms with E-state index in [1.807, 2.05) is 60.7 Å². The Kier molecular flexibility index (Phi) is 5.48. The van der Waals surface area contributed by atoms with Crippen molar-refractivity contribution in [1.82, 2.24) is 10.3 Å². The Morgan fingerprint density at radius 2 is 1.64 bits per heavy atom. The standard InChI is InChI=1S/C27H22N2O4/c30-26(31)25(14-17-9-10-18-11-12-28-15-19(18)13-17)29-27(32)33-16-24-22-7-3-1-5-20(22)21-6-2-4-8-23(21)24/h1-13,15,24-25H,14,16H2,(H,29,32)(H,30,31)/t25-/m0/s1. The summed E-state index contributed by atoms with van der Waals surface area (Å²) in [4.78, 5) is 28.4. The second-order valence-corrected chi connectivity index (χ2v) is 8.12. The summed E-state index contributed by atoms with van der Waals surface area (Å²) in [6.07, 6.45) is 2.84. The summed E-state index contributed by atoms with van der Waals surface area (Å²) in [5.74, 6) is -1.20. The molecule has 0 fully saturated rings. The Morgan fingerprint density at radius 1 is 0.939 bits per heavy atom. The number of carbonyl (C=O) groups is 2. The van der Waals surface area contributed by atoms with Gasteiger partial charge in [-0.15, -0.1) is 0 Å². The molecule has 1 atom stereocenters. The van der Waals surface area contributed by atoms with Gasteiger partial charge in [0.2, 0.25) is 0 Å². The number of carboxylic acid groups (broad SMARTS) is 1. The molecule has 1 aromatic heterocycles. The van der Waals surface area contributed by atoms with Gasteiger partial charge in [-0.25, -0.2) is 9.59 Å². The number of hydrogen-bond acceptors (Lipinski definition) is 4. The minimum absolute atomic E-state index is 0.0839. The van der Waals surface area contributed by atoms with E-state index in [-0.39, 0.29) is 18.9 Å². The number of ether oxygens (including phenoxy) is 1. The molecule has 164 valence electrons. The van der Waals surface area contributed by atoms with Crippen LogP contribution in [0, 0.1) is 0 Å². The predicted molar refractivity (Wildman–Crippen MR) is 125 cm³/mol. The monoisotopic (exact) mass is 438 g/mol. The number of aliphatic carboxylic acids is 1. The maximum Gasteiger partial charge on any atom is 0.407 e. The van der Waals surface area contributed by atoms with Crippen LogP contribution in [0.5, 0.6) is 0 Å². The van der Waals surface area contributed by atoms with Gasteiger partial charge in [-0.2, -0.15) is 0 Å². The number of carboxylic acids is 1. The van der Waals surface area contributed by atoms with Gasteiger partial charge < -0.3 is 15.2 Å². The number of alkyl carbamates (subject to hydrolysis) is 1. The molecule has 1 aliphatic carbocycles. The molecule has 6 nitrogen and oxygen atoms in total. The largest absolute Gasteiger partial charge is 0.480 e. The number of benzene rings is 3. The molecule has 0 unspecified atom stereocenters. The van der Waals surface area contributed by atoms with Crippen LogP contribution < -0.4 is 5.32 Å². The maximum absolute atomic E-state index is 12.5. The molecule has 5 rings (SSSR count). The fourth-order valence-electron chi connectivity index (χ4n) is 4.48. The highest BCUT2D eigenvalue weighted by atomic mass is 16.5. The van der Waals surface area contributed by atoms with E-state index in [4.69, 9.17) is 4.74 Å². The molecule has 4 aromatic rings. The molecule has 0 aliphatic heterocycles. The normalized spacial score (nSPS) is 13.2. The number of hydrogen-bond donors (Lipinski definition) is 2. The lowest BCUT2D eigenvalue weighted by Crippen LogP contribution is -2.42. The lowest BCUT2D eigenvalue weighted by Gasteiger charge is -2.17. The Hall–Kier alpha value is -4.19. The third-order valence-corrected chi connectivity index (χ3v) is 6.08. The fourth-order valence-corrected chi connectivity index (χ4v) is 4.48. The molecule has 0 radical (unpaired) electrons. The Labute approximate surface area is 190 Å². The molecule has 3 aromatic carbocycles. The lowest BCUT2D eigenvalue weighted by atomic mass is 9.98. The van der Waals surface area contributed by atoms with Crippen LogP contribution in [-0.2, 0) is 16.0 Å². The summed E-state index contributed by atoms with van der Waals surface area (Å²) in [5, 5.41) is 14.1. The number of nitrogens with one attached hydrogen (secondary N) is 1. The van der Waals surface area contributed by atoms with Crippen molar-refractivity contribution in [2.45, 2.75) is 18.4 Å². The number of carbonyl (C=O) groups excluding carboxylic acids is 1. The third-order valence-electron chi connectivity index (χ3n) is 6.08. The van der Waals surface area contributed by atoms with E-state index < -0.39 is 18.1 Å². The number of fused-ring (bicyclic) bond motifs is 4. The van der Waals surface area contributed by atoms with Crippen LogP contribution in [0.25, 0.3) is 21.9 Å². The SMILES string of the molecule is O=C(N[C@@H](Cc1ccc2ccncc2c1)C(=O)O)OCC1c2ccccc2-c2ccccc21. The summed E-state index contributed by atoms with van der Waals surface area (Å²) in [6.45, 7) is 0.133. The van der Waals surface area contributed by atoms with E-state index in [9.17, 15) is 14.7 Å². The van der Waals surface area contributed by atoms with Crippen molar-refractivity contribution in [3.8, 4) is 11.1 Å². The van der Waals surface area contributed by atoms with E-state index in [1.165, 1.54) is 0 Å². The third kappa shape index (κ3) is 4.15.